The molecule has 4 fully saturated rings. The van der Waals surface area contributed by atoms with Gasteiger partial charge < -0.3 is 20.9 Å². The van der Waals surface area contributed by atoms with Crippen molar-refractivity contribution in [1.82, 2.24) is 36.2 Å². The second-order valence-corrected chi connectivity index (χ2v) is 19.2. The third-order valence-electron chi connectivity index (χ3n) is 12.4. The minimum atomic E-state index is -1.01. The Morgan fingerprint density at radius 1 is 0.927 bits per heavy atom. The molecule has 2 heterocycles. The maximum atomic E-state index is 14.6. The molecule has 55 heavy (non-hydrogen) atoms. The molecule has 2 aliphatic heterocycles. The number of fused-ring (bicyclic) bond motifs is 1. The molecule has 1 aromatic carbocycles. The highest BCUT2D eigenvalue weighted by Gasteiger charge is 2.70. The van der Waals surface area contributed by atoms with Gasteiger partial charge in [-0.15, -0.1) is 0 Å². The van der Waals surface area contributed by atoms with E-state index < -0.39 is 46.9 Å². The van der Waals surface area contributed by atoms with Crippen molar-refractivity contribution < 1.29 is 28.8 Å². The number of imide groups is 1. The number of benzene rings is 1. The van der Waals surface area contributed by atoms with Crippen LogP contribution in [0, 0.1) is 39.9 Å². The largest absolute Gasteiger partial charge is 0.336 e. The van der Waals surface area contributed by atoms with Gasteiger partial charge in [0, 0.05) is 32.0 Å². The van der Waals surface area contributed by atoms with Gasteiger partial charge in [-0.1, -0.05) is 99.1 Å². The van der Waals surface area contributed by atoms with Gasteiger partial charge in [0.2, 0.25) is 17.7 Å². The number of carbonyl (C=O) groups excluding carboxylic acids is 6. The smallest absolute Gasteiger partial charge is 0.333 e. The van der Waals surface area contributed by atoms with Gasteiger partial charge in [-0.05, 0) is 72.2 Å². The van der Waals surface area contributed by atoms with Crippen molar-refractivity contribution in [3.05, 3.63) is 35.9 Å². The van der Waals surface area contributed by atoms with E-state index in [-0.39, 0.29) is 53.5 Å². The van der Waals surface area contributed by atoms with Crippen molar-refractivity contribution in [3.8, 4) is 0 Å². The zero-order chi connectivity index (χ0) is 40.6. The monoisotopic (exact) mass is 763 g/mol. The molecule has 13 nitrogen and oxygen atoms in total. The average molecular weight is 764 g/mol. The van der Waals surface area contributed by atoms with Gasteiger partial charge in [-0.3, -0.25) is 29.5 Å². The van der Waals surface area contributed by atoms with Crippen LogP contribution in [0.4, 0.5) is 9.59 Å². The first-order chi connectivity index (χ1) is 25.6. The molecule has 2 unspecified atom stereocenters. The Bertz CT molecular complexity index is 1610. The van der Waals surface area contributed by atoms with E-state index in [1.54, 1.807) is 4.90 Å². The Hall–Kier alpha value is -4.16. The van der Waals surface area contributed by atoms with Crippen LogP contribution in [0.5, 0.6) is 0 Å². The molecule has 4 aliphatic rings. The van der Waals surface area contributed by atoms with Gasteiger partial charge in [-0.2, -0.15) is 0 Å². The number of amides is 8. The number of piperidine rings is 2. The summed E-state index contributed by atoms with van der Waals surface area (Å²) in [4.78, 5) is 85.6. The highest BCUT2D eigenvalue weighted by molar-refractivity contribution is 5.99. The molecule has 0 radical (unpaired) electrons. The lowest BCUT2D eigenvalue weighted by Crippen LogP contribution is -2.63. The normalized spacial score (nSPS) is 25.0. The van der Waals surface area contributed by atoms with Crippen LogP contribution in [0.3, 0.4) is 0 Å². The molecule has 2 saturated carbocycles. The fourth-order valence-electron chi connectivity index (χ4n) is 8.41. The Labute approximate surface area is 327 Å². The van der Waals surface area contributed by atoms with Crippen LogP contribution >= 0.6 is 0 Å². The number of carbonyl (C=O) groups is 6. The van der Waals surface area contributed by atoms with E-state index in [0.717, 1.165) is 24.8 Å². The van der Waals surface area contributed by atoms with Crippen molar-refractivity contribution in [2.45, 2.75) is 132 Å². The molecule has 7 atom stereocenters. The molecule has 2 aliphatic carbocycles. The Morgan fingerprint density at radius 2 is 1.58 bits per heavy atom. The molecule has 0 aromatic heterocycles. The number of nitrogens with one attached hydrogen (secondary N) is 4. The third kappa shape index (κ3) is 9.63. The molecule has 4 N–H and O–H groups in total. The van der Waals surface area contributed by atoms with E-state index in [4.69, 9.17) is 0 Å². The van der Waals surface area contributed by atoms with Gasteiger partial charge in [0.05, 0.1) is 12.1 Å². The summed E-state index contributed by atoms with van der Waals surface area (Å²) < 4.78 is 0. The Kier molecular flexibility index (Phi) is 12.3. The standard InChI is InChI=1S/C42H65N7O6/c1-11-15-28-20-21-31(50)47(36(28)52)24-30(40(3,4)5)44-38(54)45-34(41(6,7)8)37(53)48-23-29-32(42(29,9)10)33(48)35(51)46-49(22-26-18-19-26)39(55)43-25(2)27-16-13-12-14-17-27/h12-14,16-17,25-26,28-30,32-34H,11,15,18-24H2,1-10H3,(H,43,55)(H,46,51)(H2,44,45,54)/t25-,28?,29-,30+,32?,33-,34+/m0/s1. The summed E-state index contributed by atoms with van der Waals surface area (Å²) in [6.07, 6.45) is 4.32. The van der Waals surface area contributed by atoms with E-state index in [0.29, 0.717) is 38.3 Å². The molecule has 2 saturated heterocycles. The number of hydrogen-bond acceptors (Lipinski definition) is 6. The first kappa shape index (κ1) is 42.0. The number of hydrazine groups is 1. The number of rotatable bonds is 12. The molecule has 13 heteroatoms. The SMILES string of the molecule is CCCC1CCC(=O)N(C[C@@H](NC(=O)N[C@H](C(=O)N2C[C@H]3C([C@H]2C(=O)NN(CC2CC2)C(=O)N[C@@H](C)c2ccccc2)C3(C)C)C(C)(C)C)C(C)(C)C)C1=O. The van der Waals surface area contributed by atoms with Gasteiger partial charge in [0.1, 0.15) is 12.1 Å². The molecular formula is C42H65N7O6. The lowest BCUT2D eigenvalue weighted by Gasteiger charge is -2.40. The van der Waals surface area contributed by atoms with Gasteiger partial charge in [0.25, 0.3) is 5.91 Å². The fourth-order valence-corrected chi connectivity index (χ4v) is 8.41. The zero-order valence-electron chi connectivity index (χ0n) is 34.7. The Balaban J connectivity index is 1.31. The summed E-state index contributed by atoms with van der Waals surface area (Å²) >= 11 is 0. The summed E-state index contributed by atoms with van der Waals surface area (Å²) in [6.45, 7) is 20.3. The maximum Gasteiger partial charge on any atom is 0.336 e. The van der Waals surface area contributed by atoms with Crippen LogP contribution in [-0.4, -0.2) is 88.3 Å². The van der Waals surface area contributed by atoms with E-state index in [1.807, 2.05) is 85.7 Å². The van der Waals surface area contributed by atoms with Crippen LogP contribution < -0.4 is 21.4 Å². The van der Waals surface area contributed by atoms with Crippen molar-refractivity contribution >= 4 is 35.7 Å². The van der Waals surface area contributed by atoms with Crippen LogP contribution in [-0.2, 0) is 19.2 Å². The fraction of sp³-hybridized carbons (Fsp3) is 0.714. The highest BCUT2D eigenvalue weighted by Crippen LogP contribution is 2.65. The molecular weight excluding hydrogens is 699 g/mol. The number of likely N-dealkylation sites (tertiary alicyclic amines) is 2. The third-order valence-corrected chi connectivity index (χ3v) is 12.4. The lowest BCUT2D eigenvalue weighted by atomic mass is 9.84. The quantitative estimate of drug-likeness (QED) is 0.165. The minimum Gasteiger partial charge on any atom is -0.333 e. The first-order valence-corrected chi connectivity index (χ1v) is 20.3. The van der Waals surface area contributed by atoms with E-state index in [1.165, 1.54) is 9.91 Å². The summed E-state index contributed by atoms with van der Waals surface area (Å²) in [5.74, 6) is -1.18. The second-order valence-electron chi connectivity index (χ2n) is 19.2. The Morgan fingerprint density at radius 3 is 2.16 bits per heavy atom. The van der Waals surface area contributed by atoms with Crippen LogP contribution in [0.1, 0.15) is 119 Å². The van der Waals surface area contributed by atoms with E-state index in [2.05, 4.69) is 35.2 Å². The molecule has 1 aromatic rings. The summed E-state index contributed by atoms with van der Waals surface area (Å²) in [5, 5.41) is 10.3. The molecule has 8 amide bonds. The van der Waals surface area contributed by atoms with Gasteiger partial charge in [0.15, 0.2) is 0 Å². The molecule has 0 spiro atoms. The zero-order valence-corrected chi connectivity index (χ0v) is 34.7. The summed E-state index contributed by atoms with van der Waals surface area (Å²) in [7, 11) is 0. The first-order valence-electron chi connectivity index (χ1n) is 20.3. The molecule has 304 valence electrons. The topological polar surface area (TPSA) is 160 Å². The molecule has 0 bridgehead atoms. The van der Waals surface area contributed by atoms with Crippen LogP contribution in [0.2, 0.25) is 0 Å². The lowest BCUT2D eigenvalue weighted by molar-refractivity contribution is -0.152. The maximum absolute atomic E-state index is 14.6. The highest BCUT2D eigenvalue weighted by atomic mass is 16.2. The summed E-state index contributed by atoms with van der Waals surface area (Å²) in [6, 6.07) is 5.89. The number of nitrogens with zero attached hydrogens (tertiary/aromatic N) is 3. The predicted molar refractivity (Wildman–Crippen MR) is 210 cm³/mol. The average Bonchev–Trinajstić information content (AvgIpc) is 3.96. The summed E-state index contributed by atoms with van der Waals surface area (Å²) in [5.41, 5.74) is 2.41. The van der Waals surface area contributed by atoms with Crippen molar-refractivity contribution in [2.75, 3.05) is 19.6 Å². The van der Waals surface area contributed by atoms with Gasteiger partial charge in [-0.25, -0.2) is 14.6 Å². The van der Waals surface area contributed by atoms with Crippen molar-refractivity contribution in [3.63, 3.8) is 0 Å². The van der Waals surface area contributed by atoms with Crippen molar-refractivity contribution in [2.24, 2.45) is 39.9 Å². The van der Waals surface area contributed by atoms with E-state index in [9.17, 15) is 28.8 Å². The minimum absolute atomic E-state index is 0.0325. The predicted octanol–water partition coefficient (Wildman–Crippen LogP) is 5.38. The second kappa shape index (κ2) is 16.1. The number of hydrogen-bond donors (Lipinski definition) is 4. The van der Waals surface area contributed by atoms with Crippen molar-refractivity contribution in [1.29, 1.82) is 0 Å². The van der Waals surface area contributed by atoms with Gasteiger partial charge >= 0.3 is 12.1 Å². The molecule has 5 rings (SSSR count). The number of urea groups is 2. The van der Waals surface area contributed by atoms with E-state index >= 15 is 0 Å². The van der Waals surface area contributed by atoms with Crippen LogP contribution in [0.25, 0.3) is 0 Å². The van der Waals surface area contributed by atoms with Crippen LogP contribution in [0.15, 0.2) is 30.3 Å².